The molecular weight excluding hydrogens is 226 g/mol. The average molecular weight is 251 g/mol. The van der Waals surface area contributed by atoms with Crippen LogP contribution in [0, 0.1) is 5.41 Å². The summed E-state index contributed by atoms with van der Waals surface area (Å²) in [6.45, 7) is 6.19. The Bertz CT molecular complexity index is 323. The first kappa shape index (κ1) is 15.0. The molecule has 0 saturated carbocycles. The molecule has 0 amide bonds. The van der Waals surface area contributed by atoms with Crippen LogP contribution in [0.3, 0.4) is 0 Å². The largest absolute Gasteiger partial charge is 0.497 e. The van der Waals surface area contributed by atoms with Gasteiger partial charge in [-0.3, -0.25) is 0 Å². The van der Waals surface area contributed by atoms with Crippen LogP contribution >= 0.6 is 0 Å². The van der Waals surface area contributed by atoms with Gasteiger partial charge < -0.3 is 15.2 Å². The van der Waals surface area contributed by atoms with Gasteiger partial charge in [0, 0.05) is 25.1 Å². The van der Waals surface area contributed by atoms with E-state index in [1.807, 2.05) is 12.1 Å². The molecular formula is C15H25NO2. The maximum absolute atomic E-state index is 9.49. The van der Waals surface area contributed by atoms with E-state index in [2.05, 4.69) is 31.3 Å². The Hall–Kier alpha value is -1.06. The third kappa shape index (κ3) is 4.00. The van der Waals surface area contributed by atoms with Crippen LogP contribution in [0.25, 0.3) is 0 Å². The van der Waals surface area contributed by atoms with E-state index in [0.717, 1.165) is 31.7 Å². The molecule has 1 rings (SSSR count). The second-order valence-electron chi connectivity index (χ2n) is 4.82. The molecule has 0 unspecified atom stereocenters. The van der Waals surface area contributed by atoms with E-state index in [9.17, 15) is 5.11 Å². The van der Waals surface area contributed by atoms with Crippen molar-refractivity contribution >= 4 is 0 Å². The zero-order valence-electron chi connectivity index (χ0n) is 11.7. The lowest BCUT2D eigenvalue weighted by Gasteiger charge is -2.29. The van der Waals surface area contributed by atoms with Crippen LogP contribution in [0.1, 0.15) is 32.3 Å². The van der Waals surface area contributed by atoms with Crippen molar-refractivity contribution < 1.29 is 9.84 Å². The van der Waals surface area contributed by atoms with Crippen molar-refractivity contribution in [1.29, 1.82) is 0 Å². The van der Waals surface area contributed by atoms with E-state index in [-0.39, 0.29) is 12.0 Å². The highest BCUT2D eigenvalue weighted by Crippen LogP contribution is 2.24. The van der Waals surface area contributed by atoms with Gasteiger partial charge in [-0.05, 0) is 30.5 Å². The Morgan fingerprint density at radius 1 is 1.17 bits per heavy atom. The molecule has 0 saturated heterocycles. The van der Waals surface area contributed by atoms with E-state index < -0.39 is 0 Å². The molecule has 18 heavy (non-hydrogen) atoms. The first-order valence-electron chi connectivity index (χ1n) is 6.64. The van der Waals surface area contributed by atoms with Crippen LogP contribution in [0.5, 0.6) is 5.75 Å². The molecule has 0 aliphatic rings. The molecule has 0 radical (unpaired) electrons. The predicted octanol–water partition coefficient (Wildman–Crippen LogP) is 2.58. The number of aliphatic hydroxyl groups excluding tert-OH is 1. The Labute approximate surface area is 110 Å². The standard InChI is InChI=1S/C15H25NO2/c1-4-15(5-2,12-17)11-16-10-13-6-8-14(18-3)9-7-13/h6-9,16-17H,4-5,10-12H2,1-3H3. The van der Waals surface area contributed by atoms with Crippen LogP contribution < -0.4 is 10.1 Å². The molecule has 1 aromatic rings. The Kier molecular flexibility index (Phi) is 6.16. The fraction of sp³-hybridized carbons (Fsp3) is 0.600. The van der Waals surface area contributed by atoms with Crippen molar-refractivity contribution in [3.8, 4) is 5.75 Å². The van der Waals surface area contributed by atoms with Crippen molar-refractivity contribution in [2.75, 3.05) is 20.3 Å². The number of ether oxygens (including phenoxy) is 1. The van der Waals surface area contributed by atoms with Crippen molar-refractivity contribution in [3.63, 3.8) is 0 Å². The summed E-state index contributed by atoms with van der Waals surface area (Å²) in [5, 5.41) is 12.9. The lowest BCUT2D eigenvalue weighted by molar-refractivity contribution is 0.113. The van der Waals surface area contributed by atoms with Gasteiger partial charge >= 0.3 is 0 Å². The number of hydrogen-bond donors (Lipinski definition) is 2. The normalized spacial score (nSPS) is 11.6. The van der Waals surface area contributed by atoms with E-state index in [4.69, 9.17) is 4.74 Å². The molecule has 0 atom stereocenters. The van der Waals surface area contributed by atoms with Gasteiger partial charge in [0.1, 0.15) is 5.75 Å². The fourth-order valence-electron chi connectivity index (χ4n) is 1.99. The maximum atomic E-state index is 9.49. The summed E-state index contributed by atoms with van der Waals surface area (Å²) in [6.07, 6.45) is 1.99. The molecule has 3 nitrogen and oxygen atoms in total. The zero-order chi connectivity index (χ0) is 13.4. The third-order valence-corrected chi connectivity index (χ3v) is 3.82. The quantitative estimate of drug-likeness (QED) is 0.746. The van der Waals surface area contributed by atoms with Crippen molar-refractivity contribution in [3.05, 3.63) is 29.8 Å². The summed E-state index contributed by atoms with van der Waals surface area (Å²) in [4.78, 5) is 0. The smallest absolute Gasteiger partial charge is 0.118 e. The molecule has 102 valence electrons. The van der Waals surface area contributed by atoms with Crippen molar-refractivity contribution in [1.82, 2.24) is 5.32 Å². The molecule has 0 heterocycles. The van der Waals surface area contributed by atoms with Gasteiger partial charge in [-0.25, -0.2) is 0 Å². The van der Waals surface area contributed by atoms with E-state index in [0.29, 0.717) is 0 Å². The minimum atomic E-state index is 0.0203. The topological polar surface area (TPSA) is 41.5 Å². The van der Waals surface area contributed by atoms with Crippen LogP contribution in [0.4, 0.5) is 0 Å². The van der Waals surface area contributed by atoms with Crippen molar-refractivity contribution in [2.24, 2.45) is 5.41 Å². The molecule has 0 bridgehead atoms. The van der Waals surface area contributed by atoms with Crippen molar-refractivity contribution in [2.45, 2.75) is 33.2 Å². The lowest BCUT2D eigenvalue weighted by atomic mass is 9.83. The fourth-order valence-corrected chi connectivity index (χ4v) is 1.99. The molecule has 1 aromatic carbocycles. The van der Waals surface area contributed by atoms with Gasteiger partial charge in [0.15, 0.2) is 0 Å². The summed E-state index contributed by atoms with van der Waals surface area (Å²) >= 11 is 0. The second kappa shape index (κ2) is 7.39. The van der Waals surface area contributed by atoms with Crippen LogP contribution in [0.2, 0.25) is 0 Å². The summed E-state index contributed by atoms with van der Waals surface area (Å²) in [7, 11) is 1.67. The second-order valence-corrected chi connectivity index (χ2v) is 4.82. The Morgan fingerprint density at radius 2 is 1.78 bits per heavy atom. The summed E-state index contributed by atoms with van der Waals surface area (Å²) in [6, 6.07) is 8.06. The predicted molar refractivity (Wildman–Crippen MR) is 74.8 cm³/mol. The number of hydrogen-bond acceptors (Lipinski definition) is 3. The zero-order valence-corrected chi connectivity index (χ0v) is 11.7. The first-order chi connectivity index (χ1) is 8.69. The number of aliphatic hydroxyl groups is 1. The van der Waals surface area contributed by atoms with Crippen LogP contribution in [-0.4, -0.2) is 25.4 Å². The van der Waals surface area contributed by atoms with Gasteiger partial charge in [0.2, 0.25) is 0 Å². The minimum Gasteiger partial charge on any atom is -0.497 e. The van der Waals surface area contributed by atoms with Gasteiger partial charge in [-0.15, -0.1) is 0 Å². The highest BCUT2D eigenvalue weighted by molar-refractivity contribution is 5.26. The van der Waals surface area contributed by atoms with Gasteiger partial charge in [0.05, 0.1) is 7.11 Å². The summed E-state index contributed by atoms with van der Waals surface area (Å²) in [5.74, 6) is 0.880. The van der Waals surface area contributed by atoms with E-state index in [1.165, 1.54) is 5.56 Å². The number of rotatable bonds is 8. The molecule has 3 heteroatoms. The Morgan fingerprint density at radius 3 is 2.22 bits per heavy atom. The number of benzene rings is 1. The van der Waals surface area contributed by atoms with Gasteiger partial charge in [-0.1, -0.05) is 26.0 Å². The number of nitrogens with one attached hydrogen (secondary N) is 1. The summed E-state index contributed by atoms with van der Waals surface area (Å²) in [5.41, 5.74) is 1.25. The lowest BCUT2D eigenvalue weighted by Crippen LogP contribution is -2.36. The van der Waals surface area contributed by atoms with Gasteiger partial charge in [-0.2, -0.15) is 0 Å². The van der Waals surface area contributed by atoms with Crippen LogP contribution in [-0.2, 0) is 6.54 Å². The van der Waals surface area contributed by atoms with E-state index >= 15 is 0 Å². The first-order valence-corrected chi connectivity index (χ1v) is 6.64. The van der Waals surface area contributed by atoms with E-state index in [1.54, 1.807) is 7.11 Å². The summed E-state index contributed by atoms with van der Waals surface area (Å²) < 4.78 is 5.13. The molecule has 0 aromatic heterocycles. The molecule has 2 N–H and O–H groups in total. The van der Waals surface area contributed by atoms with Crippen LogP contribution in [0.15, 0.2) is 24.3 Å². The molecule has 0 fully saturated rings. The Balaban J connectivity index is 2.44. The SMILES string of the molecule is CCC(CC)(CO)CNCc1ccc(OC)cc1. The highest BCUT2D eigenvalue weighted by Gasteiger charge is 2.24. The highest BCUT2D eigenvalue weighted by atomic mass is 16.5. The average Bonchev–Trinajstić information content (AvgIpc) is 2.45. The minimum absolute atomic E-state index is 0.0203. The maximum Gasteiger partial charge on any atom is 0.118 e. The molecule has 0 aliphatic carbocycles. The molecule has 0 spiro atoms. The monoisotopic (exact) mass is 251 g/mol. The van der Waals surface area contributed by atoms with Gasteiger partial charge in [0.25, 0.3) is 0 Å². The molecule has 0 aliphatic heterocycles. The third-order valence-electron chi connectivity index (χ3n) is 3.82. The number of methoxy groups -OCH3 is 1.